The average Bonchev–Trinajstić information content (AvgIpc) is 1.94. The standard InChI is InChI=1S/C5H5NOS.CH2O3.H3N.Na.Zr.H/c7-6-4-2-1-3-5(6)8;2-1(3)4;;;;/h1-4,7H;(H2,2,3,4);1H3;;;/q;;;+1;+4;-1/p-1. The average molecular weight is 320 g/mol. The number of hydrogen-bond acceptors (Lipinski definition) is 5. The molecule has 0 unspecified atom stereocenters. The van der Waals surface area contributed by atoms with Crippen molar-refractivity contribution >= 4 is 18.4 Å². The summed E-state index contributed by atoms with van der Waals surface area (Å²) in [6.45, 7) is 0. The Hall–Kier alpha value is 0.283. The fourth-order valence-corrected chi connectivity index (χ4v) is 0.558. The number of rotatable bonds is 0. The van der Waals surface area contributed by atoms with Gasteiger partial charge in [0.1, 0.15) is 4.64 Å². The molecule has 0 aliphatic heterocycles. The summed E-state index contributed by atoms with van der Waals surface area (Å²) in [5, 5.41) is 25.4. The van der Waals surface area contributed by atoms with E-state index in [-0.39, 0.29) is 63.3 Å². The summed E-state index contributed by atoms with van der Waals surface area (Å²) in [5.41, 5.74) is 0. The van der Waals surface area contributed by atoms with Gasteiger partial charge in [0.2, 0.25) is 0 Å². The van der Waals surface area contributed by atoms with Crippen LogP contribution in [0.1, 0.15) is 1.43 Å². The molecule has 0 fully saturated rings. The zero-order valence-electron chi connectivity index (χ0n) is 9.34. The van der Waals surface area contributed by atoms with E-state index >= 15 is 0 Å². The van der Waals surface area contributed by atoms with Crippen LogP contribution in [-0.4, -0.2) is 16.1 Å². The van der Waals surface area contributed by atoms with Crippen LogP contribution in [0.2, 0.25) is 0 Å². The van der Waals surface area contributed by atoms with Crippen LogP contribution in [0.5, 0.6) is 0 Å². The van der Waals surface area contributed by atoms with E-state index in [9.17, 15) is 0 Å². The van der Waals surface area contributed by atoms with Crippen molar-refractivity contribution < 1.29 is 77.4 Å². The van der Waals surface area contributed by atoms with Crippen LogP contribution in [0.4, 0.5) is 4.79 Å². The molecule has 5 N–H and O–H groups in total. The minimum Gasteiger partial charge on any atom is -1.00 e. The molecule has 0 atom stereocenters. The van der Waals surface area contributed by atoms with Gasteiger partial charge in [-0.05, 0) is 18.3 Å². The van der Waals surface area contributed by atoms with Gasteiger partial charge >= 0.3 is 55.8 Å². The summed E-state index contributed by atoms with van der Waals surface area (Å²) in [6.07, 6.45) is -0.845. The van der Waals surface area contributed by atoms with Gasteiger partial charge in [0, 0.05) is 6.20 Å². The van der Waals surface area contributed by atoms with Crippen LogP contribution in [0.25, 0.3) is 0 Å². The Morgan fingerprint density at radius 2 is 1.87 bits per heavy atom. The Morgan fingerprint density at radius 3 is 2.07 bits per heavy atom. The molecule has 0 amide bonds. The Bertz CT molecular complexity index is 323. The number of quaternary nitrogens is 1. The fraction of sp³-hybridized carbons (Fsp3) is 0. The van der Waals surface area contributed by atoms with E-state index in [1.54, 1.807) is 18.2 Å². The van der Waals surface area contributed by atoms with Gasteiger partial charge in [-0.15, -0.1) is 0 Å². The van der Waals surface area contributed by atoms with E-state index in [4.69, 9.17) is 20.2 Å². The summed E-state index contributed by atoms with van der Waals surface area (Å²) >= 11 is 4.67. The zero-order valence-corrected chi connectivity index (χ0v) is 13.6. The molecule has 15 heavy (non-hydrogen) atoms. The topological polar surface area (TPSA) is 125 Å². The quantitative estimate of drug-likeness (QED) is 0.291. The van der Waals surface area contributed by atoms with Crippen LogP contribution in [-0.2, 0) is 26.2 Å². The van der Waals surface area contributed by atoms with Crippen LogP contribution >= 0.6 is 12.2 Å². The first-order valence-electron chi connectivity index (χ1n) is 2.79. The first-order chi connectivity index (χ1) is 5.54. The third-order valence-corrected chi connectivity index (χ3v) is 1.13. The van der Waals surface area contributed by atoms with Crippen molar-refractivity contribution in [3.8, 4) is 0 Å². The minimum absolute atomic E-state index is 0. The third kappa shape index (κ3) is 16.9. The normalized spacial score (nSPS) is 6.40. The molecule has 0 spiro atoms. The molecule has 1 aromatic rings. The van der Waals surface area contributed by atoms with Crippen molar-refractivity contribution in [1.82, 2.24) is 10.9 Å². The van der Waals surface area contributed by atoms with Gasteiger partial charge in [-0.1, -0.05) is 18.3 Å². The molecule has 6 nitrogen and oxygen atoms in total. The van der Waals surface area contributed by atoms with Crippen molar-refractivity contribution in [2.75, 3.05) is 0 Å². The number of aromatic nitrogens is 1. The van der Waals surface area contributed by atoms with Gasteiger partial charge in [-0.25, -0.2) is 0 Å². The Kier molecular flexibility index (Phi) is 23.3. The van der Waals surface area contributed by atoms with E-state index in [1.807, 2.05) is 0 Å². The third-order valence-electron chi connectivity index (χ3n) is 0.803. The van der Waals surface area contributed by atoms with Crippen molar-refractivity contribution in [2.24, 2.45) is 0 Å². The van der Waals surface area contributed by atoms with Crippen molar-refractivity contribution in [3.05, 3.63) is 29.0 Å². The molecule has 1 heterocycles. The maximum absolute atomic E-state index is 8.73. The summed E-state index contributed by atoms with van der Waals surface area (Å²) in [7, 11) is 0. The molecule has 0 bridgehead atoms. The molecule has 1 rings (SSSR count). The van der Waals surface area contributed by atoms with E-state index in [2.05, 4.69) is 12.2 Å². The maximum Gasteiger partial charge on any atom is 4.00 e. The van der Waals surface area contributed by atoms with E-state index in [0.29, 0.717) is 4.64 Å². The molecule has 1 aromatic heterocycles. The first kappa shape index (κ1) is 24.5. The molecule has 0 aliphatic rings. The maximum atomic E-state index is 8.73. The minimum atomic E-state index is -2.33. The number of carbonyl (C=O) groups excluding carboxylic acids is 1. The monoisotopic (exact) mass is 319 g/mol. The molecule has 0 saturated heterocycles. The molecule has 76 valence electrons. The molecular formula is C6H10N2NaO4SZr+3. The smallest absolute Gasteiger partial charge is 1.00 e. The predicted molar refractivity (Wildman–Crippen MR) is 44.9 cm³/mol. The molecule has 0 saturated carbocycles. The van der Waals surface area contributed by atoms with E-state index in [0.717, 1.165) is 4.73 Å². The predicted octanol–water partition coefficient (Wildman–Crippen LogP) is -3.50. The van der Waals surface area contributed by atoms with Gasteiger partial charge in [0.25, 0.3) is 0 Å². The van der Waals surface area contributed by atoms with Crippen LogP contribution in [0, 0.1) is 4.64 Å². The van der Waals surface area contributed by atoms with Crippen LogP contribution in [0.15, 0.2) is 24.4 Å². The van der Waals surface area contributed by atoms with Gasteiger partial charge in [0.05, 0.1) is 0 Å². The first-order valence-corrected chi connectivity index (χ1v) is 3.20. The number of pyridine rings is 1. The fourth-order valence-electron chi connectivity index (χ4n) is 0.419. The molecular weight excluding hydrogens is 310 g/mol. The van der Waals surface area contributed by atoms with Gasteiger partial charge < -0.3 is 27.8 Å². The Balaban J connectivity index is -0.0000000458. The molecule has 9 heteroatoms. The van der Waals surface area contributed by atoms with Gasteiger partial charge in [-0.2, -0.15) is 4.73 Å². The second kappa shape index (κ2) is 14.3. The van der Waals surface area contributed by atoms with Crippen LogP contribution < -0.4 is 45.9 Å². The second-order valence-electron chi connectivity index (χ2n) is 1.63. The summed E-state index contributed by atoms with van der Waals surface area (Å²) in [5.74, 6) is 0. The molecule has 0 radical (unpaired) electrons. The largest absolute Gasteiger partial charge is 4.00 e. The van der Waals surface area contributed by atoms with Crippen molar-refractivity contribution in [3.63, 3.8) is 0 Å². The number of nitrogens with zero attached hydrogens (tertiary/aromatic N) is 1. The molecule has 0 aromatic carbocycles. The Labute approximate surface area is 134 Å². The zero-order chi connectivity index (χ0) is 9.56. The van der Waals surface area contributed by atoms with Gasteiger partial charge in [0.15, 0.2) is 0 Å². The second-order valence-corrected chi connectivity index (χ2v) is 2.05. The number of carboxylic acid groups (broad SMARTS) is 2. The van der Waals surface area contributed by atoms with E-state index in [1.165, 1.54) is 6.20 Å². The molecule has 0 aliphatic carbocycles. The van der Waals surface area contributed by atoms with Crippen LogP contribution in [0.3, 0.4) is 0 Å². The van der Waals surface area contributed by atoms with E-state index < -0.39 is 6.16 Å². The van der Waals surface area contributed by atoms with Gasteiger partial charge in [-0.3, -0.25) is 0 Å². The Morgan fingerprint density at radius 1 is 1.47 bits per heavy atom. The van der Waals surface area contributed by atoms with Crippen molar-refractivity contribution in [2.45, 2.75) is 0 Å². The summed E-state index contributed by atoms with van der Waals surface area (Å²) in [4.78, 5) is 8.33. The number of carbonyl (C=O) groups is 1. The number of hydrogen-bond donors (Lipinski definition) is 2. The van der Waals surface area contributed by atoms with Crippen molar-refractivity contribution in [1.29, 1.82) is 0 Å². The SMILES string of the molecule is O=C([O-])[O-].On1ccccc1=S.[H-].[NH4+].[Na+].[Zr+4]. The summed E-state index contributed by atoms with van der Waals surface area (Å²) in [6, 6.07) is 5.13. The summed E-state index contributed by atoms with van der Waals surface area (Å²) < 4.78 is 1.32.